The largest absolute Gasteiger partial charge is 0.368 e. The third kappa shape index (κ3) is 5.51. The number of piperidine rings is 1. The number of aromatic nitrogens is 2. The van der Waals surface area contributed by atoms with Gasteiger partial charge in [0.15, 0.2) is 0 Å². The van der Waals surface area contributed by atoms with Gasteiger partial charge in [0, 0.05) is 37.6 Å². The van der Waals surface area contributed by atoms with Crippen LogP contribution in [0.25, 0.3) is 17.1 Å². The number of benzene rings is 1. The molecule has 0 unspecified atom stereocenters. The molecule has 7 nitrogen and oxygen atoms in total. The second kappa shape index (κ2) is 11.1. The zero-order valence-corrected chi connectivity index (χ0v) is 20.6. The number of hydrogen-bond donors (Lipinski definition) is 3. The minimum absolute atomic E-state index is 0.0194. The molecule has 188 valence electrons. The number of nitrogens with zero attached hydrogens (tertiary/aromatic N) is 2. The highest BCUT2D eigenvalue weighted by Gasteiger charge is 2.34. The van der Waals surface area contributed by atoms with Gasteiger partial charge in [0.1, 0.15) is 0 Å². The summed E-state index contributed by atoms with van der Waals surface area (Å²) >= 11 is 0. The number of aromatic amines is 1. The van der Waals surface area contributed by atoms with E-state index >= 15 is 0 Å². The molecule has 0 spiro atoms. The van der Waals surface area contributed by atoms with Crippen molar-refractivity contribution in [3.63, 3.8) is 0 Å². The Kier molecular flexibility index (Phi) is 7.47. The van der Waals surface area contributed by atoms with E-state index in [1.165, 1.54) is 5.56 Å². The Morgan fingerprint density at radius 1 is 1.03 bits per heavy atom. The monoisotopic (exact) mass is 485 g/mol. The molecule has 36 heavy (non-hydrogen) atoms. The first kappa shape index (κ1) is 24.3. The highest BCUT2D eigenvalue weighted by molar-refractivity contribution is 5.91. The number of carbonyl (C=O) groups excluding carboxylic acids is 2. The van der Waals surface area contributed by atoms with Gasteiger partial charge in [-0.2, -0.15) is 0 Å². The van der Waals surface area contributed by atoms with Crippen molar-refractivity contribution in [1.82, 2.24) is 20.2 Å². The normalized spacial score (nSPS) is 22.2. The Labute approximate surface area is 212 Å². The van der Waals surface area contributed by atoms with Crippen LogP contribution in [0, 0.1) is 5.92 Å². The zero-order chi connectivity index (χ0) is 24.9. The Balaban J connectivity index is 1.12. The van der Waals surface area contributed by atoms with Crippen molar-refractivity contribution in [2.24, 2.45) is 11.7 Å². The lowest BCUT2D eigenvalue weighted by Gasteiger charge is -2.38. The third-order valence-corrected chi connectivity index (χ3v) is 7.89. The summed E-state index contributed by atoms with van der Waals surface area (Å²) in [6.45, 7) is 1.29. The molecule has 2 aromatic heterocycles. The quantitative estimate of drug-likeness (QED) is 0.440. The van der Waals surface area contributed by atoms with Crippen LogP contribution in [0.4, 0.5) is 0 Å². The maximum Gasteiger partial charge on any atom is 0.246 e. The lowest BCUT2D eigenvalue weighted by Crippen LogP contribution is -2.54. The summed E-state index contributed by atoms with van der Waals surface area (Å²) in [5.74, 6) is 0.370. The topological polar surface area (TPSA) is 104 Å². The predicted molar refractivity (Wildman–Crippen MR) is 142 cm³/mol. The maximum atomic E-state index is 12.6. The molecule has 1 aliphatic heterocycles. The first-order chi connectivity index (χ1) is 17.6. The van der Waals surface area contributed by atoms with E-state index in [9.17, 15) is 9.59 Å². The lowest BCUT2D eigenvalue weighted by molar-refractivity contribution is -0.128. The average molecular weight is 486 g/mol. The standard InChI is InChI=1S/C29H35N5O2/c30-29(36)27(22-14-17-34(18-15-22)26(35)13-8-20-5-2-1-3-6-20)33-23-11-9-21(10-12-23)24-19-32-25-7-4-16-31-28(24)25/h1-8,13,16,19,21-23,27,32-33H,9-12,14-15,17-18H2,(H2,30,36)/b13-8+/t21-,23-,27-/m1/s1. The summed E-state index contributed by atoms with van der Waals surface area (Å²) in [4.78, 5) is 34.8. The number of pyridine rings is 1. The van der Waals surface area contributed by atoms with Crippen molar-refractivity contribution in [3.8, 4) is 0 Å². The molecule has 1 saturated heterocycles. The van der Waals surface area contributed by atoms with Gasteiger partial charge in [0.25, 0.3) is 0 Å². The first-order valence-corrected chi connectivity index (χ1v) is 13.1. The molecule has 2 aliphatic rings. The molecule has 1 saturated carbocycles. The minimum atomic E-state index is -0.349. The molecule has 3 aromatic rings. The van der Waals surface area contributed by atoms with Crippen LogP contribution in [0.1, 0.15) is 55.6 Å². The number of carbonyl (C=O) groups is 2. The van der Waals surface area contributed by atoms with Crippen molar-refractivity contribution in [1.29, 1.82) is 0 Å². The summed E-state index contributed by atoms with van der Waals surface area (Å²) in [5.41, 5.74) is 10.3. The number of primary amides is 1. The van der Waals surface area contributed by atoms with Gasteiger partial charge in [0.2, 0.25) is 11.8 Å². The fourth-order valence-corrected chi connectivity index (χ4v) is 5.85. The number of rotatable bonds is 7. The van der Waals surface area contributed by atoms with E-state index in [2.05, 4.69) is 27.5 Å². The van der Waals surface area contributed by atoms with Crippen LogP contribution in [-0.2, 0) is 9.59 Å². The Hall–Kier alpha value is -3.45. The van der Waals surface area contributed by atoms with Crippen molar-refractivity contribution < 1.29 is 9.59 Å². The predicted octanol–water partition coefficient (Wildman–Crippen LogP) is 3.98. The van der Waals surface area contributed by atoms with E-state index in [0.717, 1.165) is 55.1 Å². The van der Waals surface area contributed by atoms with E-state index in [-0.39, 0.29) is 29.8 Å². The number of H-pyrrole nitrogens is 1. The van der Waals surface area contributed by atoms with Gasteiger partial charge in [-0.1, -0.05) is 30.3 Å². The van der Waals surface area contributed by atoms with Gasteiger partial charge in [-0.15, -0.1) is 0 Å². The van der Waals surface area contributed by atoms with Gasteiger partial charge in [-0.25, -0.2) is 0 Å². The molecule has 0 radical (unpaired) electrons. The van der Waals surface area contributed by atoms with E-state index in [4.69, 9.17) is 5.73 Å². The number of hydrogen-bond acceptors (Lipinski definition) is 4. The first-order valence-electron chi connectivity index (χ1n) is 13.1. The highest BCUT2D eigenvalue weighted by Crippen LogP contribution is 2.36. The Bertz CT molecular complexity index is 1200. The maximum absolute atomic E-state index is 12.6. The summed E-state index contributed by atoms with van der Waals surface area (Å²) in [6.07, 6.45) is 13.1. The molecule has 1 aliphatic carbocycles. The van der Waals surface area contributed by atoms with Crippen molar-refractivity contribution in [2.45, 2.75) is 56.5 Å². The molecule has 5 rings (SSSR count). The lowest BCUT2D eigenvalue weighted by atomic mass is 9.81. The fourth-order valence-electron chi connectivity index (χ4n) is 5.85. The number of nitrogens with one attached hydrogen (secondary N) is 2. The zero-order valence-electron chi connectivity index (χ0n) is 20.6. The highest BCUT2D eigenvalue weighted by atomic mass is 16.2. The van der Waals surface area contributed by atoms with Crippen LogP contribution in [0.3, 0.4) is 0 Å². The second-order valence-electron chi connectivity index (χ2n) is 10.1. The van der Waals surface area contributed by atoms with Gasteiger partial charge in [-0.05, 0) is 79.7 Å². The van der Waals surface area contributed by atoms with Crippen LogP contribution in [0.15, 0.2) is 60.9 Å². The average Bonchev–Trinajstić information content (AvgIpc) is 3.35. The van der Waals surface area contributed by atoms with Crippen LogP contribution < -0.4 is 11.1 Å². The number of fused-ring (bicyclic) bond motifs is 1. The smallest absolute Gasteiger partial charge is 0.246 e. The Morgan fingerprint density at radius 3 is 2.50 bits per heavy atom. The second-order valence-corrected chi connectivity index (χ2v) is 10.1. The van der Waals surface area contributed by atoms with Crippen molar-refractivity contribution in [2.75, 3.05) is 13.1 Å². The van der Waals surface area contributed by atoms with Crippen LogP contribution in [0.2, 0.25) is 0 Å². The van der Waals surface area contributed by atoms with E-state index in [1.54, 1.807) is 6.08 Å². The van der Waals surface area contributed by atoms with E-state index in [1.807, 2.05) is 53.6 Å². The van der Waals surface area contributed by atoms with Gasteiger partial charge >= 0.3 is 0 Å². The molecule has 4 N–H and O–H groups in total. The Morgan fingerprint density at radius 2 is 1.78 bits per heavy atom. The van der Waals surface area contributed by atoms with E-state index in [0.29, 0.717) is 19.0 Å². The SMILES string of the molecule is NC(=O)[C@H](N[C@H]1CC[C@H](c2c[nH]c3cccnc32)CC1)C1CCN(C(=O)/C=C/c2ccccc2)CC1. The molecule has 1 atom stereocenters. The van der Waals surface area contributed by atoms with Gasteiger partial charge < -0.3 is 20.9 Å². The van der Waals surface area contributed by atoms with Crippen LogP contribution in [-0.4, -0.2) is 51.9 Å². The minimum Gasteiger partial charge on any atom is -0.368 e. The molecular formula is C29H35N5O2. The van der Waals surface area contributed by atoms with Crippen molar-refractivity contribution in [3.05, 3.63) is 72.1 Å². The molecule has 3 heterocycles. The van der Waals surface area contributed by atoms with Crippen LogP contribution >= 0.6 is 0 Å². The fraction of sp³-hybridized carbons (Fsp3) is 0.414. The molecule has 2 fully saturated rings. The summed E-state index contributed by atoms with van der Waals surface area (Å²) in [5, 5.41) is 3.60. The van der Waals surface area contributed by atoms with Gasteiger partial charge in [-0.3, -0.25) is 14.6 Å². The van der Waals surface area contributed by atoms with Crippen molar-refractivity contribution >= 4 is 28.9 Å². The van der Waals surface area contributed by atoms with E-state index < -0.39 is 0 Å². The summed E-state index contributed by atoms with van der Waals surface area (Å²) in [6, 6.07) is 13.8. The molecule has 2 amide bonds. The third-order valence-electron chi connectivity index (χ3n) is 7.89. The summed E-state index contributed by atoms with van der Waals surface area (Å²) < 4.78 is 0. The van der Waals surface area contributed by atoms with Gasteiger partial charge in [0.05, 0.1) is 17.1 Å². The molecule has 7 heteroatoms. The number of likely N-dealkylation sites (tertiary alicyclic amines) is 1. The number of amides is 2. The summed E-state index contributed by atoms with van der Waals surface area (Å²) in [7, 11) is 0. The molecular weight excluding hydrogens is 450 g/mol. The molecule has 1 aromatic carbocycles. The molecule has 0 bridgehead atoms. The van der Waals surface area contributed by atoms with Crippen LogP contribution in [0.5, 0.6) is 0 Å². The number of nitrogens with two attached hydrogens (primary N) is 1.